The number of hydrogen-bond acceptors (Lipinski definition) is 3. The lowest BCUT2D eigenvalue weighted by molar-refractivity contribution is 0.0989. The molecular formula is C10H16N2O. The highest BCUT2D eigenvalue weighted by molar-refractivity contribution is 5.95. The van der Waals surface area contributed by atoms with Crippen molar-refractivity contribution in [3.63, 3.8) is 0 Å². The molecule has 3 nitrogen and oxygen atoms in total. The molecule has 72 valence electrons. The summed E-state index contributed by atoms with van der Waals surface area (Å²) in [6.45, 7) is 2.29. The first-order valence-corrected chi connectivity index (χ1v) is 3.84. The zero-order valence-corrected chi connectivity index (χ0v) is 7.29. The van der Waals surface area contributed by atoms with Gasteiger partial charge in [0.05, 0.1) is 6.54 Å². The maximum Gasteiger partial charge on any atom is 0.194 e. The summed E-state index contributed by atoms with van der Waals surface area (Å²) in [6, 6.07) is 3.66. The zero-order chi connectivity index (χ0) is 8.97. The Morgan fingerprint density at radius 3 is 2.85 bits per heavy atom. The van der Waals surface area contributed by atoms with Gasteiger partial charge >= 0.3 is 0 Å². The molecule has 13 heavy (non-hydrogen) atoms. The molecule has 0 aromatic carbocycles. The molecule has 0 radical (unpaired) electrons. The van der Waals surface area contributed by atoms with Crippen molar-refractivity contribution in [1.82, 2.24) is 10.3 Å². The average molecular weight is 180 g/mol. The lowest BCUT2D eigenvalue weighted by Crippen LogP contribution is -2.19. The number of ketones is 1. The largest absolute Gasteiger partial charge is 0.313 e. The van der Waals surface area contributed by atoms with Gasteiger partial charge in [0.15, 0.2) is 5.78 Å². The molecular weight excluding hydrogens is 164 g/mol. The molecule has 0 spiro atoms. The first-order chi connectivity index (χ1) is 5.74. The third-order valence-electron chi connectivity index (χ3n) is 1.54. The molecule has 3 heteroatoms. The van der Waals surface area contributed by atoms with Crippen LogP contribution >= 0.6 is 0 Å². The Labute approximate surface area is 79.2 Å². The molecule has 0 saturated heterocycles. The van der Waals surface area contributed by atoms with E-state index in [0.29, 0.717) is 12.2 Å². The number of carbonyl (C=O) groups excluding carboxylic acids is 1. The van der Waals surface area contributed by atoms with Crippen LogP contribution in [-0.4, -0.2) is 24.4 Å². The quantitative estimate of drug-likeness (QED) is 0.715. The van der Waals surface area contributed by atoms with Crippen LogP contribution < -0.4 is 5.32 Å². The van der Waals surface area contributed by atoms with Crippen LogP contribution in [0.1, 0.15) is 23.5 Å². The van der Waals surface area contributed by atoms with E-state index in [1.54, 1.807) is 19.3 Å². The van der Waals surface area contributed by atoms with Crippen LogP contribution in [0.4, 0.5) is 0 Å². The second-order valence-electron chi connectivity index (χ2n) is 2.67. The second kappa shape index (κ2) is 5.43. The Bertz CT molecular complexity index is 284. The molecule has 1 N–H and O–H groups in total. The van der Waals surface area contributed by atoms with E-state index >= 15 is 0 Å². The Kier molecular flexibility index (Phi) is 4.92. The zero-order valence-electron chi connectivity index (χ0n) is 7.29. The third-order valence-corrected chi connectivity index (χ3v) is 1.54. The Morgan fingerprint density at radius 1 is 1.62 bits per heavy atom. The highest BCUT2D eigenvalue weighted by atomic mass is 16.1. The van der Waals surface area contributed by atoms with Crippen LogP contribution in [0.15, 0.2) is 18.3 Å². The van der Waals surface area contributed by atoms with Crippen LogP contribution in [0, 0.1) is 6.92 Å². The summed E-state index contributed by atoms with van der Waals surface area (Å²) in [5.41, 5.74) is 1.59. The number of hydrogen-bond donors (Lipinski definition) is 1. The van der Waals surface area contributed by atoms with E-state index in [9.17, 15) is 4.79 Å². The van der Waals surface area contributed by atoms with Gasteiger partial charge in [-0.15, -0.1) is 0 Å². The van der Waals surface area contributed by atoms with Gasteiger partial charge in [-0.2, -0.15) is 0 Å². The Hall–Kier alpha value is -1.22. The van der Waals surface area contributed by atoms with E-state index in [0.717, 1.165) is 5.56 Å². The van der Waals surface area contributed by atoms with Gasteiger partial charge in [0, 0.05) is 6.20 Å². The van der Waals surface area contributed by atoms with Crippen molar-refractivity contribution in [2.45, 2.75) is 14.4 Å². The summed E-state index contributed by atoms with van der Waals surface area (Å²) < 4.78 is 0. The third kappa shape index (κ3) is 3.34. The SMILES string of the molecule is C.CNCC(=O)c1cc(C)ccn1. The van der Waals surface area contributed by atoms with E-state index in [1.807, 2.05) is 13.0 Å². The van der Waals surface area contributed by atoms with Crippen molar-refractivity contribution >= 4 is 5.78 Å². The number of rotatable bonds is 3. The molecule has 0 unspecified atom stereocenters. The topological polar surface area (TPSA) is 42.0 Å². The van der Waals surface area contributed by atoms with Crippen LogP contribution in [0.3, 0.4) is 0 Å². The molecule has 0 fully saturated rings. The summed E-state index contributed by atoms with van der Waals surface area (Å²) >= 11 is 0. The Morgan fingerprint density at radius 2 is 2.31 bits per heavy atom. The predicted octanol–water partition coefficient (Wildman–Crippen LogP) is 1.43. The lowest BCUT2D eigenvalue weighted by atomic mass is 10.2. The molecule has 1 aromatic rings. The first kappa shape index (κ1) is 11.8. The number of nitrogens with one attached hydrogen (secondary N) is 1. The van der Waals surface area contributed by atoms with E-state index < -0.39 is 0 Å². The Balaban J connectivity index is 0.00000144. The molecule has 1 rings (SSSR count). The molecule has 0 saturated carbocycles. The number of likely N-dealkylation sites (N-methyl/N-ethyl adjacent to an activating group) is 1. The minimum absolute atomic E-state index is 0. The molecule has 0 aliphatic carbocycles. The fourth-order valence-corrected chi connectivity index (χ4v) is 0.940. The van der Waals surface area contributed by atoms with E-state index in [1.165, 1.54) is 0 Å². The van der Waals surface area contributed by atoms with E-state index in [-0.39, 0.29) is 13.2 Å². The van der Waals surface area contributed by atoms with Crippen molar-refractivity contribution in [2.75, 3.05) is 13.6 Å². The van der Waals surface area contributed by atoms with Crippen LogP contribution in [-0.2, 0) is 0 Å². The minimum Gasteiger partial charge on any atom is -0.313 e. The van der Waals surface area contributed by atoms with Crippen LogP contribution in [0.5, 0.6) is 0 Å². The average Bonchev–Trinajstić information content (AvgIpc) is 2.05. The standard InChI is InChI=1S/C9H12N2O.CH4/c1-7-3-4-11-8(5-7)9(12)6-10-2;/h3-5,10H,6H2,1-2H3;1H4. The van der Waals surface area contributed by atoms with Gasteiger partial charge < -0.3 is 5.32 Å². The van der Waals surface area contributed by atoms with Gasteiger partial charge in [0.2, 0.25) is 0 Å². The summed E-state index contributed by atoms with van der Waals surface area (Å²) in [5.74, 6) is 0.0289. The monoisotopic (exact) mass is 180 g/mol. The predicted molar refractivity (Wildman–Crippen MR) is 54.0 cm³/mol. The normalized spacial score (nSPS) is 9.08. The molecule has 1 heterocycles. The van der Waals surface area contributed by atoms with Crippen molar-refractivity contribution in [3.8, 4) is 0 Å². The lowest BCUT2D eigenvalue weighted by Gasteiger charge is -1.99. The summed E-state index contributed by atoms with van der Waals surface area (Å²) in [6.07, 6.45) is 1.65. The minimum atomic E-state index is 0. The fourth-order valence-electron chi connectivity index (χ4n) is 0.940. The van der Waals surface area contributed by atoms with Crippen molar-refractivity contribution in [2.24, 2.45) is 0 Å². The number of Topliss-reactive ketones (excluding diaryl/α,β-unsaturated/α-hetero) is 1. The fraction of sp³-hybridized carbons (Fsp3) is 0.400. The van der Waals surface area contributed by atoms with Crippen molar-refractivity contribution in [1.29, 1.82) is 0 Å². The second-order valence-corrected chi connectivity index (χ2v) is 2.67. The molecule has 0 bridgehead atoms. The molecule has 1 aromatic heterocycles. The van der Waals surface area contributed by atoms with E-state index in [4.69, 9.17) is 0 Å². The van der Waals surface area contributed by atoms with Gasteiger partial charge in [-0.05, 0) is 31.7 Å². The van der Waals surface area contributed by atoms with Gasteiger partial charge in [-0.3, -0.25) is 9.78 Å². The number of aromatic nitrogens is 1. The number of nitrogens with zero attached hydrogens (tertiary/aromatic N) is 1. The maximum atomic E-state index is 11.3. The molecule has 0 aliphatic heterocycles. The smallest absolute Gasteiger partial charge is 0.194 e. The van der Waals surface area contributed by atoms with Gasteiger partial charge in [0.25, 0.3) is 0 Å². The number of aryl methyl sites for hydroxylation is 1. The summed E-state index contributed by atoms with van der Waals surface area (Å²) in [7, 11) is 1.74. The summed E-state index contributed by atoms with van der Waals surface area (Å²) in [4.78, 5) is 15.2. The number of pyridine rings is 1. The number of carbonyl (C=O) groups is 1. The maximum absolute atomic E-state index is 11.3. The summed E-state index contributed by atoms with van der Waals surface area (Å²) in [5, 5.41) is 2.80. The highest BCUT2D eigenvalue weighted by Crippen LogP contribution is 1.99. The van der Waals surface area contributed by atoms with Gasteiger partial charge in [0.1, 0.15) is 5.69 Å². The highest BCUT2D eigenvalue weighted by Gasteiger charge is 2.04. The molecule has 0 amide bonds. The van der Waals surface area contributed by atoms with Gasteiger partial charge in [-0.1, -0.05) is 7.43 Å². The molecule has 0 atom stereocenters. The van der Waals surface area contributed by atoms with Crippen molar-refractivity contribution < 1.29 is 4.79 Å². The first-order valence-electron chi connectivity index (χ1n) is 3.84. The van der Waals surface area contributed by atoms with Crippen LogP contribution in [0.25, 0.3) is 0 Å². The van der Waals surface area contributed by atoms with Crippen molar-refractivity contribution in [3.05, 3.63) is 29.6 Å². The van der Waals surface area contributed by atoms with E-state index in [2.05, 4.69) is 10.3 Å². The van der Waals surface area contributed by atoms with Gasteiger partial charge in [-0.25, -0.2) is 0 Å². The molecule has 0 aliphatic rings. The van der Waals surface area contributed by atoms with Crippen LogP contribution in [0.2, 0.25) is 0 Å².